The van der Waals surface area contributed by atoms with E-state index in [4.69, 9.17) is 9.68 Å². The van der Waals surface area contributed by atoms with E-state index in [1.807, 2.05) is 24.3 Å². The van der Waals surface area contributed by atoms with Gasteiger partial charge in [0, 0.05) is 5.69 Å². The van der Waals surface area contributed by atoms with Crippen LogP contribution in [0.2, 0.25) is 0 Å². The normalized spacial score (nSPS) is 10.6. The smallest absolute Gasteiger partial charge is 0.320 e. The molecule has 7 heteroatoms. The van der Waals surface area contributed by atoms with Crippen LogP contribution in [0.1, 0.15) is 5.56 Å². The van der Waals surface area contributed by atoms with E-state index < -0.39 is 0 Å². The Balaban J connectivity index is 1.59. The van der Waals surface area contributed by atoms with Crippen molar-refractivity contribution in [1.82, 2.24) is 20.2 Å². The van der Waals surface area contributed by atoms with Crippen molar-refractivity contribution in [2.45, 2.75) is 0 Å². The summed E-state index contributed by atoms with van der Waals surface area (Å²) in [7, 11) is 0. The summed E-state index contributed by atoms with van der Waals surface area (Å²) in [6.07, 6.45) is 0. The number of fused-ring (bicyclic) bond motifs is 1. The highest BCUT2D eigenvalue weighted by atomic mass is 16.4. The highest BCUT2D eigenvalue weighted by Crippen LogP contribution is 2.22. The number of benzene rings is 2. The summed E-state index contributed by atoms with van der Waals surface area (Å²) in [5.41, 5.74) is 3.08. The zero-order valence-corrected chi connectivity index (χ0v) is 11.8. The Kier molecular flexibility index (Phi) is 2.99. The number of para-hydroxylation sites is 2. The topological polar surface area (TPSA) is 103 Å². The van der Waals surface area contributed by atoms with Crippen LogP contribution in [0, 0.1) is 11.3 Å². The second-order valence-corrected chi connectivity index (χ2v) is 4.83. The van der Waals surface area contributed by atoms with Crippen LogP contribution in [-0.4, -0.2) is 20.2 Å². The van der Waals surface area contributed by atoms with Crippen LogP contribution in [0.4, 0.5) is 11.7 Å². The molecule has 7 nitrogen and oxygen atoms in total. The lowest BCUT2D eigenvalue weighted by Crippen LogP contribution is -1.90. The fourth-order valence-corrected chi connectivity index (χ4v) is 2.18. The van der Waals surface area contributed by atoms with Crippen LogP contribution in [-0.2, 0) is 0 Å². The maximum atomic E-state index is 8.79. The lowest BCUT2D eigenvalue weighted by atomic mass is 10.2. The Morgan fingerprint density at radius 2 is 1.87 bits per heavy atom. The number of aromatic nitrogens is 4. The van der Waals surface area contributed by atoms with Gasteiger partial charge in [0.05, 0.1) is 22.7 Å². The molecule has 0 spiro atoms. The molecule has 0 saturated heterocycles. The fourth-order valence-electron chi connectivity index (χ4n) is 2.18. The van der Waals surface area contributed by atoms with Gasteiger partial charge in [0.2, 0.25) is 0 Å². The molecule has 4 rings (SSSR count). The lowest BCUT2D eigenvalue weighted by molar-refractivity contribution is 0.583. The number of anilines is 2. The van der Waals surface area contributed by atoms with Gasteiger partial charge in [-0.25, -0.2) is 4.98 Å². The van der Waals surface area contributed by atoms with E-state index in [9.17, 15) is 0 Å². The predicted molar refractivity (Wildman–Crippen MR) is 83.8 cm³/mol. The number of aromatic amines is 1. The molecule has 0 radical (unpaired) electrons. The Morgan fingerprint density at radius 3 is 2.65 bits per heavy atom. The summed E-state index contributed by atoms with van der Waals surface area (Å²) in [6.45, 7) is 0. The predicted octanol–water partition coefficient (Wildman–Crippen LogP) is 3.23. The third-order valence-corrected chi connectivity index (χ3v) is 3.28. The number of nitrogens with zero attached hydrogens (tertiary/aromatic N) is 4. The Bertz CT molecular complexity index is 976. The van der Waals surface area contributed by atoms with Crippen LogP contribution >= 0.6 is 0 Å². The molecule has 2 aromatic heterocycles. The van der Waals surface area contributed by atoms with Gasteiger partial charge in [-0.1, -0.05) is 17.2 Å². The van der Waals surface area contributed by atoms with Gasteiger partial charge < -0.3 is 14.7 Å². The molecule has 0 aliphatic heterocycles. The van der Waals surface area contributed by atoms with Gasteiger partial charge >= 0.3 is 6.01 Å². The van der Waals surface area contributed by atoms with Crippen LogP contribution < -0.4 is 5.32 Å². The van der Waals surface area contributed by atoms with Gasteiger partial charge in [-0.15, -0.1) is 5.10 Å². The van der Waals surface area contributed by atoms with Gasteiger partial charge in [0.15, 0.2) is 5.82 Å². The molecule has 0 saturated carbocycles. The molecular formula is C16H10N6O. The Labute approximate surface area is 130 Å². The summed E-state index contributed by atoms with van der Waals surface area (Å²) in [5, 5.41) is 19.7. The van der Waals surface area contributed by atoms with Gasteiger partial charge in [0.1, 0.15) is 0 Å². The molecule has 2 aromatic carbocycles. The molecule has 0 aliphatic carbocycles. The minimum atomic E-state index is 0.255. The van der Waals surface area contributed by atoms with Gasteiger partial charge in [-0.05, 0) is 36.4 Å². The quantitative estimate of drug-likeness (QED) is 0.602. The zero-order valence-electron chi connectivity index (χ0n) is 11.8. The Hall–Kier alpha value is -3.66. The van der Waals surface area contributed by atoms with Crippen molar-refractivity contribution in [2.24, 2.45) is 0 Å². The summed E-state index contributed by atoms with van der Waals surface area (Å²) in [4.78, 5) is 7.54. The van der Waals surface area contributed by atoms with Crippen LogP contribution in [0.15, 0.2) is 52.9 Å². The summed E-state index contributed by atoms with van der Waals surface area (Å²) < 4.78 is 5.57. The van der Waals surface area contributed by atoms with Gasteiger partial charge in [0.25, 0.3) is 5.89 Å². The first kappa shape index (κ1) is 13.0. The van der Waals surface area contributed by atoms with E-state index in [0.29, 0.717) is 17.3 Å². The highest BCUT2D eigenvalue weighted by Gasteiger charge is 2.12. The van der Waals surface area contributed by atoms with Crippen molar-refractivity contribution in [1.29, 1.82) is 5.26 Å². The molecular weight excluding hydrogens is 292 g/mol. The molecule has 0 bridgehead atoms. The van der Waals surface area contributed by atoms with E-state index in [2.05, 4.69) is 31.6 Å². The third-order valence-electron chi connectivity index (χ3n) is 3.28. The van der Waals surface area contributed by atoms with E-state index in [1.54, 1.807) is 24.3 Å². The van der Waals surface area contributed by atoms with Crippen molar-refractivity contribution in [3.05, 3.63) is 54.1 Å². The zero-order chi connectivity index (χ0) is 15.6. The minimum Gasteiger partial charge on any atom is -0.400 e. The molecule has 4 aromatic rings. The van der Waals surface area contributed by atoms with Crippen LogP contribution in [0.3, 0.4) is 0 Å². The molecule has 2 N–H and O–H groups in total. The van der Waals surface area contributed by atoms with Crippen molar-refractivity contribution in [3.63, 3.8) is 0 Å². The van der Waals surface area contributed by atoms with Crippen molar-refractivity contribution in [3.8, 4) is 17.8 Å². The number of nitriles is 1. The molecule has 0 fully saturated rings. The second kappa shape index (κ2) is 5.27. The maximum Gasteiger partial charge on any atom is 0.320 e. The summed E-state index contributed by atoms with van der Waals surface area (Å²) >= 11 is 0. The van der Waals surface area contributed by atoms with Gasteiger partial charge in [-0.2, -0.15) is 5.26 Å². The van der Waals surface area contributed by atoms with E-state index in [1.165, 1.54) is 0 Å². The molecule has 0 aliphatic rings. The first-order valence-corrected chi connectivity index (χ1v) is 6.87. The molecule has 23 heavy (non-hydrogen) atoms. The monoisotopic (exact) mass is 302 g/mol. The summed E-state index contributed by atoms with van der Waals surface area (Å²) in [5.74, 6) is 0.823. The minimum absolute atomic E-state index is 0.255. The lowest BCUT2D eigenvalue weighted by Gasteiger charge is -1.99. The average molecular weight is 302 g/mol. The number of H-pyrrole nitrogens is 1. The molecule has 0 atom stereocenters. The second-order valence-electron chi connectivity index (χ2n) is 4.83. The van der Waals surface area contributed by atoms with Gasteiger partial charge in [-0.3, -0.25) is 0 Å². The molecule has 110 valence electrons. The summed E-state index contributed by atoms with van der Waals surface area (Å²) in [6, 6.07) is 16.9. The SMILES string of the molecule is N#Cc1ccc(Nc2nnc(-c3nc4ccccc4[nH]3)o2)cc1. The number of hydrogen-bond acceptors (Lipinski definition) is 6. The maximum absolute atomic E-state index is 8.79. The third kappa shape index (κ3) is 2.49. The molecule has 0 amide bonds. The largest absolute Gasteiger partial charge is 0.400 e. The first-order valence-electron chi connectivity index (χ1n) is 6.87. The molecule has 2 heterocycles. The van der Waals surface area contributed by atoms with E-state index >= 15 is 0 Å². The molecule has 0 unspecified atom stereocenters. The van der Waals surface area contributed by atoms with Crippen molar-refractivity contribution >= 4 is 22.7 Å². The van der Waals surface area contributed by atoms with Crippen molar-refractivity contribution < 1.29 is 4.42 Å². The number of hydrogen-bond donors (Lipinski definition) is 2. The van der Waals surface area contributed by atoms with Crippen LogP contribution in [0.25, 0.3) is 22.7 Å². The van der Waals surface area contributed by atoms with Crippen molar-refractivity contribution in [2.75, 3.05) is 5.32 Å². The highest BCUT2D eigenvalue weighted by molar-refractivity contribution is 5.77. The Morgan fingerprint density at radius 1 is 1.04 bits per heavy atom. The van der Waals surface area contributed by atoms with E-state index in [-0.39, 0.29) is 6.01 Å². The average Bonchev–Trinajstić information content (AvgIpc) is 3.21. The first-order chi connectivity index (χ1) is 11.3. The number of imidazole rings is 1. The number of rotatable bonds is 3. The van der Waals surface area contributed by atoms with Crippen LogP contribution in [0.5, 0.6) is 0 Å². The van der Waals surface area contributed by atoms with E-state index in [0.717, 1.165) is 16.7 Å². The fraction of sp³-hybridized carbons (Fsp3) is 0. The standard InChI is InChI=1S/C16H10N6O/c17-9-10-5-7-11(8-6-10)18-16-22-21-15(23-16)14-19-12-3-1-2-4-13(12)20-14/h1-8H,(H,18,22)(H,19,20). The number of nitrogens with one attached hydrogen (secondary N) is 2.